The molecule has 0 atom stereocenters. The topological polar surface area (TPSA) is 95.3 Å². The molecule has 2 aromatic rings. The molecule has 9 heteroatoms. The van der Waals surface area contributed by atoms with Crippen LogP contribution in [0.1, 0.15) is 53.8 Å². The Morgan fingerprint density at radius 3 is 2.91 bits per heavy atom. The first-order valence-corrected chi connectivity index (χ1v) is 7.09. The third-order valence-corrected chi connectivity index (χ3v) is 3.64. The lowest BCUT2D eigenvalue weighted by Gasteiger charge is -2.25. The molecule has 7 nitrogen and oxygen atoms in total. The normalized spacial score (nSPS) is 15.1. The number of hydrogen-bond acceptors (Lipinski definition) is 5. The van der Waals surface area contributed by atoms with Crippen LogP contribution >= 0.6 is 0 Å². The maximum Gasteiger partial charge on any atom is 0.292 e. The van der Waals surface area contributed by atoms with Crippen LogP contribution in [0.4, 0.5) is 8.78 Å². The van der Waals surface area contributed by atoms with Crippen LogP contribution in [0.25, 0.3) is 0 Å². The average molecular weight is 326 g/mol. The van der Waals surface area contributed by atoms with Crippen LogP contribution in [-0.4, -0.2) is 37.4 Å². The van der Waals surface area contributed by atoms with E-state index in [9.17, 15) is 18.7 Å². The quantitative estimate of drug-likeness (QED) is 0.896. The van der Waals surface area contributed by atoms with E-state index < -0.39 is 29.4 Å². The molecule has 124 valence electrons. The SMILES string of the molecule is CC(C)(O)c1nc(C(F)F)c(C(=O)N2CCc3nc[nH]c3C2)o1. The molecule has 0 aromatic carbocycles. The molecule has 2 N–H and O–H groups in total. The van der Waals surface area contributed by atoms with Crippen LogP contribution in [0.3, 0.4) is 0 Å². The average Bonchev–Trinajstić information content (AvgIpc) is 3.11. The van der Waals surface area contributed by atoms with Crippen LogP contribution in [0, 0.1) is 0 Å². The molecule has 0 unspecified atom stereocenters. The molecule has 1 aliphatic rings. The van der Waals surface area contributed by atoms with Crippen molar-refractivity contribution in [2.75, 3.05) is 6.54 Å². The van der Waals surface area contributed by atoms with Crippen molar-refractivity contribution in [3.63, 3.8) is 0 Å². The summed E-state index contributed by atoms with van der Waals surface area (Å²) in [6.45, 7) is 3.27. The van der Waals surface area contributed by atoms with Gasteiger partial charge >= 0.3 is 0 Å². The fourth-order valence-corrected chi connectivity index (χ4v) is 2.42. The minimum Gasteiger partial charge on any atom is -0.432 e. The van der Waals surface area contributed by atoms with Crippen molar-refractivity contribution in [1.82, 2.24) is 19.9 Å². The number of hydrogen-bond donors (Lipinski definition) is 2. The Balaban J connectivity index is 1.92. The number of alkyl halides is 2. The van der Waals surface area contributed by atoms with E-state index in [1.165, 1.54) is 25.1 Å². The zero-order valence-corrected chi connectivity index (χ0v) is 12.6. The smallest absolute Gasteiger partial charge is 0.292 e. The second-order valence-electron chi connectivity index (χ2n) is 5.90. The van der Waals surface area contributed by atoms with Crippen LogP contribution in [0.15, 0.2) is 10.7 Å². The number of fused-ring (bicyclic) bond motifs is 1. The van der Waals surface area contributed by atoms with Gasteiger partial charge in [-0.1, -0.05) is 0 Å². The minimum atomic E-state index is -2.97. The summed E-state index contributed by atoms with van der Waals surface area (Å²) >= 11 is 0. The lowest BCUT2D eigenvalue weighted by molar-refractivity contribution is 0.0447. The number of nitrogens with zero attached hydrogens (tertiary/aromatic N) is 3. The van der Waals surface area contributed by atoms with Crippen molar-refractivity contribution < 1.29 is 23.1 Å². The summed E-state index contributed by atoms with van der Waals surface area (Å²) in [6.07, 6.45) is -0.910. The Morgan fingerprint density at radius 2 is 2.26 bits per heavy atom. The van der Waals surface area contributed by atoms with Gasteiger partial charge in [-0.25, -0.2) is 18.7 Å². The number of aromatic nitrogens is 3. The van der Waals surface area contributed by atoms with Gasteiger partial charge in [0.05, 0.1) is 24.3 Å². The zero-order chi connectivity index (χ0) is 16.8. The highest BCUT2D eigenvalue weighted by Crippen LogP contribution is 2.30. The van der Waals surface area contributed by atoms with Gasteiger partial charge in [0.2, 0.25) is 11.7 Å². The summed E-state index contributed by atoms with van der Waals surface area (Å²) in [4.78, 5) is 24.6. The summed E-state index contributed by atoms with van der Waals surface area (Å²) in [6, 6.07) is 0. The van der Waals surface area contributed by atoms with Crippen molar-refractivity contribution in [3.05, 3.63) is 35.1 Å². The third kappa shape index (κ3) is 2.83. The fraction of sp³-hybridized carbons (Fsp3) is 0.500. The van der Waals surface area contributed by atoms with Gasteiger partial charge < -0.3 is 19.4 Å². The lowest BCUT2D eigenvalue weighted by Crippen LogP contribution is -2.36. The van der Waals surface area contributed by atoms with Crippen LogP contribution in [0.5, 0.6) is 0 Å². The lowest BCUT2D eigenvalue weighted by atomic mass is 10.1. The maximum atomic E-state index is 13.2. The Bertz CT molecular complexity index is 733. The highest BCUT2D eigenvalue weighted by atomic mass is 19.3. The van der Waals surface area contributed by atoms with Gasteiger partial charge in [0, 0.05) is 13.0 Å². The Hall–Kier alpha value is -2.29. The number of imidazole rings is 1. The van der Waals surface area contributed by atoms with E-state index in [1.54, 1.807) is 0 Å². The number of rotatable bonds is 3. The first-order chi connectivity index (χ1) is 10.8. The summed E-state index contributed by atoms with van der Waals surface area (Å²) in [5.41, 5.74) is -0.675. The number of amides is 1. The molecule has 3 heterocycles. The molecule has 0 bridgehead atoms. The third-order valence-electron chi connectivity index (χ3n) is 3.64. The second kappa shape index (κ2) is 5.41. The van der Waals surface area contributed by atoms with Crippen molar-refractivity contribution in [3.8, 4) is 0 Å². The van der Waals surface area contributed by atoms with E-state index in [0.29, 0.717) is 13.0 Å². The van der Waals surface area contributed by atoms with Crippen molar-refractivity contribution in [1.29, 1.82) is 0 Å². The summed E-state index contributed by atoms with van der Waals surface area (Å²) in [7, 11) is 0. The van der Waals surface area contributed by atoms with Gasteiger partial charge in [-0.05, 0) is 13.8 Å². The van der Waals surface area contributed by atoms with Crippen LogP contribution < -0.4 is 0 Å². The van der Waals surface area contributed by atoms with Crippen molar-refractivity contribution in [2.24, 2.45) is 0 Å². The number of nitrogens with one attached hydrogen (secondary N) is 1. The van der Waals surface area contributed by atoms with Crippen LogP contribution in [-0.2, 0) is 18.6 Å². The van der Waals surface area contributed by atoms with Gasteiger partial charge in [-0.2, -0.15) is 0 Å². The number of carbonyl (C=O) groups is 1. The van der Waals surface area contributed by atoms with E-state index in [-0.39, 0.29) is 12.4 Å². The molecular formula is C14H16F2N4O3. The Kier molecular flexibility index (Phi) is 3.67. The molecule has 0 saturated carbocycles. The van der Waals surface area contributed by atoms with Crippen molar-refractivity contribution >= 4 is 5.91 Å². The monoisotopic (exact) mass is 326 g/mol. The summed E-state index contributed by atoms with van der Waals surface area (Å²) in [5.74, 6) is -1.51. The standard InChI is InChI=1S/C14H16F2N4O3/c1-14(2,22)13-19-9(11(15)16)10(23-13)12(21)20-4-3-7-8(5-20)18-6-17-7/h6,11,22H,3-5H2,1-2H3,(H,17,18). The molecule has 1 amide bonds. The van der Waals surface area contributed by atoms with E-state index in [0.717, 1.165) is 11.4 Å². The van der Waals surface area contributed by atoms with Crippen molar-refractivity contribution in [2.45, 2.75) is 38.8 Å². The van der Waals surface area contributed by atoms with E-state index in [4.69, 9.17) is 4.42 Å². The maximum absolute atomic E-state index is 13.2. The molecule has 3 rings (SSSR count). The molecule has 0 radical (unpaired) electrons. The largest absolute Gasteiger partial charge is 0.432 e. The number of halogens is 2. The number of aromatic amines is 1. The second-order valence-corrected chi connectivity index (χ2v) is 5.90. The number of oxazole rings is 1. The fourth-order valence-electron chi connectivity index (χ4n) is 2.42. The molecule has 1 aliphatic heterocycles. The summed E-state index contributed by atoms with van der Waals surface area (Å²) in [5, 5.41) is 9.86. The number of H-pyrrole nitrogens is 1. The molecular weight excluding hydrogens is 310 g/mol. The van der Waals surface area contributed by atoms with Gasteiger partial charge in [0.15, 0.2) is 5.69 Å². The first kappa shape index (κ1) is 15.6. The van der Waals surface area contributed by atoms with E-state index in [2.05, 4.69) is 15.0 Å². The van der Waals surface area contributed by atoms with Crippen LogP contribution in [0.2, 0.25) is 0 Å². The molecule has 2 aromatic heterocycles. The van der Waals surface area contributed by atoms with Gasteiger partial charge in [-0.15, -0.1) is 0 Å². The highest BCUT2D eigenvalue weighted by molar-refractivity contribution is 5.92. The molecule has 0 aliphatic carbocycles. The highest BCUT2D eigenvalue weighted by Gasteiger charge is 2.35. The number of aliphatic hydroxyl groups is 1. The molecule has 0 saturated heterocycles. The molecule has 0 spiro atoms. The van der Waals surface area contributed by atoms with Gasteiger partial charge in [0.25, 0.3) is 12.3 Å². The Morgan fingerprint density at radius 1 is 1.52 bits per heavy atom. The van der Waals surface area contributed by atoms with Gasteiger partial charge in [-0.3, -0.25) is 4.79 Å². The number of carbonyl (C=O) groups excluding carboxylic acids is 1. The Labute approximate surface area is 130 Å². The van der Waals surface area contributed by atoms with E-state index in [1.807, 2.05) is 0 Å². The molecule has 23 heavy (non-hydrogen) atoms. The predicted octanol–water partition coefficient (Wildman–Crippen LogP) is 1.76. The molecule has 0 fully saturated rings. The van der Waals surface area contributed by atoms with E-state index >= 15 is 0 Å². The van der Waals surface area contributed by atoms with Gasteiger partial charge in [0.1, 0.15) is 5.60 Å². The minimum absolute atomic E-state index is 0.232. The first-order valence-electron chi connectivity index (χ1n) is 7.09. The predicted molar refractivity (Wildman–Crippen MR) is 73.7 cm³/mol. The zero-order valence-electron chi connectivity index (χ0n) is 12.6. The summed E-state index contributed by atoms with van der Waals surface area (Å²) < 4.78 is 31.5.